The maximum atomic E-state index is 12.7. The van der Waals surface area contributed by atoms with E-state index in [-0.39, 0.29) is 11.9 Å². The third kappa shape index (κ3) is 4.07. The number of anilines is 2. The van der Waals surface area contributed by atoms with Gasteiger partial charge in [-0.05, 0) is 38.1 Å². The SMILES string of the molecule is O=C(Nc1cccc(Cl)c1N1CCOCC1)c1cn(C2CCNCC2)nn1. The number of benzene rings is 1. The molecule has 2 aliphatic heterocycles. The Balaban J connectivity index is 1.51. The molecular weight excluding hydrogens is 368 g/mol. The number of rotatable bonds is 4. The predicted molar refractivity (Wildman–Crippen MR) is 104 cm³/mol. The van der Waals surface area contributed by atoms with E-state index in [1.807, 2.05) is 18.2 Å². The van der Waals surface area contributed by atoms with Gasteiger partial charge in [0.15, 0.2) is 5.69 Å². The lowest BCUT2D eigenvalue weighted by molar-refractivity contribution is 0.102. The summed E-state index contributed by atoms with van der Waals surface area (Å²) in [5, 5.41) is 15.1. The lowest BCUT2D eigenvalue weighted by Gasteiger charge is -2.31. The lowest BCUT2D eigenvalue weighted by atomic mass is 10.1. The molecule has 1 aromatic heterocycles. The van der Waals surface area contributed by atoms with Crippen molar-refractivity contribution in [3.8, 4) is 0 Å². The fourth-order valence-corrected chi connectivity index (χ4v) is 3.84. The van der Waals surface area contributed by atoms with Crippen LogP contribution in [0.4, 0.5) is 11.4 Å². The van der Waals surface area contributed by atoms with Gasteiger partial charge in [-0.2, -0.15) is 0 Å². The minimum absolute atomic E-state index is 0.285. The Labute approximate surface area is 162 Å². The number of carbonyl (C=O) groups excluding carboxylic acids is 1. The highest BCUT2D eigenvalue weighted by molar-refractivity contribution is 6.34. The van der Waals surface area contributed by atoms with E-state index in [1.54, 1.807) is 10.9 Å². The maximum Gasteiger partial charge on any atom is 0.277 e. The molecule has 0 bridgehead atoms. The first-order valence-corrected chi connectivity index (χ1v) is 9.65. The molecule has 0 spiro atoms. The molecule has 2 aromatic rings. The van der Waals surface area contributed by atoms with E-state index in [4.69, 9.17) is 16.3 Å². The van der Waals surface area contributed by atoms with Gasteiger partial charge in [-0.15, -0.1) is 5.10 Å². The zero-order valence-electron chi connectivity index (χ0n) is 15.0. The monoisotopic (exact) mass is 390 g/mol. The van der Waals surface area contributed by atoms with Gasteiger partial charge in [0, 0.05) is 13.1 Å². The van der Waals surface area contributed by atoms with Crippen LogP contribution in [0.3, 0.4) is 0 Å². The molecule has 2 aliphatic rings. The van der Waals surface area contributed by atoms with Gasteiger partial charge < -0.3 is 20.3 Å². The van der Waals surface area contributed by atoms with Crippen LogP contribution in [0.5, 0.6) is 0 Å². The van der Waals surface area contributed by atoms with Crippen LogP contribution >= 0.6 is 11.6 Å². The number of nitrogens with one attached hydrogen (secondary N) is 2. The van der Waals surface area contributed by atoms with Crippen LogP contribution in [0, 0.1) is 0 Å². The minimum atomic E-state index is -0.285. The van der Waals surface area contributed by atoms with E-state index in [9.17, 15) is 4.79 Å². The van der Waals surface area contributed by atoms with E-state index in [2.05, 4.69) is 25.8 Å². The smallest absolute Gasteiger partial charge is 0.277 e. The first-order valence-electron chi connectivity index (χ1n) is 9.27. The fraction of sp³-hybridized carbons (Fsp3) is 0.500. The van der Waals surface area contributed by atoms with Gasteiger partial charge >= 0.3 is 0 Å². The molecule has 0 unspecified atom stereocenters. The number of carbonyl (C=O) groups is 1. The molecule has 0 atom stereocenters. The van der Waals surface area contributed by atoms with Crippen LogP contribution in [0.2, 0.25) is 5.02 Å². The molecule has 0 radical (unpaired) electrons. The highest BCUT2D eigenvalue weighted by Crippen LogP contribution is 2.34. The summed E-state index contributed by atoms with van der Waals surface area (Å²) in [4.78, 5) is 14.9. The molecule has 1 amide bonds. The number of halogens is 1. The number of piperidine rings is 1. The zero-order valence-corrected chi connectivity index (χ0v) is 15.8. The van der Waals surface area contributed by atoms with Crippen LogP contribution in [0.1, 0.15) is 29.4 Å². The molecule has 27 heavy (non-hydrogen) atoms. The summed E-state index contributed by atoms with van der Waals surface area (Å²) in [6.45, 7) is 4.67. The van der Waals surface area contributed by atoms with Gasteiger partial charge in [-0.3, -0.25) is 4.79 Å². The highest BCUT2D eigenvalue weighted by atomic mass is 35.5. The van der Waals surface area contributed by atoms with E-state index in [0.29, 0.717) is 29.6 Å². The third-order valence-corrected chi connectivity index (χ3v) is 5.29. The van der Waals surface area contributed by atoms with Crippen molar-refractivity contribution >= 4 is 28.9 Å². The fourth-order valence-electron chi connectivity index (χ4n) is 3.54. The molecule has 1 aromatic carbocycles. The van der Waals surface area contributed by atoms with Crippen LogP contribution in [-0.2, 0) is 4.74 Å². The molecule has 2 saturated heterocycles. The Morgan fingerprint density at radius 3 is 2.81 bits per heavy atom. The second kappa shape index (κ2) is 8.24. The van der Waals surface area contributed by atoms with Crippen molar-refractivity contribution in [2.45, 2.75) is 18.9 Å². The predicted octanol–water partition coefficient (Wildman–Crippen LogP) is 1.94. The average molecular weight is 391 g/mol. The number of amides is 1. The summed E-state index contributed by atoms with van der Waals surface area (Å²) in [6, 6.07) is 5.80. The first-order chi connectivity index (χ1) is 13.2. The molecule has 144 valence electrons. The Morgan fingerprint density at radius 2 is 2.04 bits per heavy atom. The second-order valence-electron chi connectivity index (χ2n) is 6.75. The topological polar surface area (TPSA) is 84.3 Å². The van der Waals surface area contributed by atoms with Crippen molar-refractivity contribution in [1.29, 1.82) is 0 Å². The van der Waals surface area contributed by atoms with Gasteiger partial charge in [0.1, 0.15) is 0 Å². The van der Waals surface area contributed by atoms with Gasteiger partial charge in [0.2, 0.25) is 0 Å². The number of hydrogen-bond donors (Lipinski definition) is 2. The molecule has 0 saturated carbocycles. The number of hydrogen-bond acceptors (Lipinski definition) is 6. The summed E-state index contributed by atoms with van der Waals surface area (Å²) in [7, 11) is 0. The van der Waals surface area contributed by atoms with Crippen molar-refractivity contribution in [3.05, 3.63) is 35.1 Å². The molecular formula is C18H23ClN6O2. The van der Waals surface area contributed by atoms with Gasteiger partial charge in [0.25, 0.3) is 5.91 Å². The van der Waals surface area contributed by atoms with Crippen LogP contribution < -0.4 is 15.5 Å². The van der Waals surface area contributed by atoms with Gasteiger partial charge in [-0.1, -0.05) is 22.9 Å². The van der Waals surface area contributed by atoms with Crippen molar-refractivity contribution < 1.29 is 9.53 Å². The largest absolute Gasteiger partial charge is 0.378 e. The number of para-hydroxylation sites is 1. The summed E-state index contributed by atoms with van der Waals surface area (Å²) >= 11 is 6.43. The van der Waals surface area contributed by atoms with Crippen molar-refractivity contribution in [3.63, 3.8) is 0 Å². The second-order valence-corrected chi connectivity index (χ2v) is 7.16. The summed E-state index contributed by atoms with van der Waals surface area (Å²) in [5.74, 6) is -0.285. The van der Waals surface area contributed by atoms with Crippen LogP contribution in [0.25, 0.3) is 0 Å². The minimum Gasteiger partial charge on any atom is -0.378 e. The zero-order chi connectivity index (χ0) is 18.6. The molecule has 2 fully saturated rings. The van der Waals surface area contributed by atoms with Crippen molar-refractivity contribution in [2.24, 2.45) is 0 Å². The summed E-state index contributed by atoms with van der Waals surface area (Å²) in [5.41, 5.74) is 1.80. The quantitative estimate of drug-likeness (QED) is 0.830. The number of aromatic nitrogens is 3. The first kappa shape index (κ1) is 18.2. The Hall–Kier alpha value is -2.16. The van der Waals surface area contributed by atoms with E-state index in [0.717, 1.165) is 44.7 Å². The van der Waals surface area contributed by atoms with Crippen molar-refractivity contribution in [2.75, 3.05) is 49.6 Å². The normalized spacial score (nSPS) is 18.5. The Morgan fingerprint density at radius 1 is 1.26 bits per heavy atom. The van der Waals surface area contributed by atoms with Gasteiger partial charge in [-0.25, -0.2) is 4.68 Å². The summed E-state index contributed by atoms with van der Waals surface area (Å²) < 4.78 is 7.22. The lowest BCUT2D eigenvalue weighted by Crippen LogP contribution is -2.37. The van der Waals surface area contributed by atoms with Crippen molar-refractivity contribution in [1.82, 2.24) is 20.3 Å². The molecule has 0 aliphatic carbocycles. The number of ether oxygens (including phenoxy) is 1. The summed E-state index contributed by atoms with van der Waals surface area (Å²) in [6.07, 6.45) is 3.70. The van der Waals surface area contributed by atoms with E-state index >= 15 is 0 Å². The standard InChI is InChI=1S/C18H23ClN6O2/c19-14-2-1-3-15(17(14)24-8-10-27-11-9-24)21-18(26)16-12-25(23-22-16)13-4-6-20-7-5-13/h1-3,12-13,20H,4-11H2,(H,21,26). The maximum absolute atomic E-state index is 12.7. The van der Waals surface area contributed by atoms with Crippen LogP contribution in [0.15, 0.2) is 24.4 Å². The number of morpholine rings is 1. The van der Waals surface area contributed by atoms with Gasteiger partial charge in [0.05, 0.1) is 41.8 Å². The molecule has 9 heteroatoms. The molecule has 8 nitrogen and oxygen atoms in total. The number of nitrogens with zero attached hydrogens (tertiary/aromatic N) is 4. The van der Waals surface area contributed by atoms with E-state index < -0.39 is 0 Å². The average Bonchev–Trinajstić information content (AvgIpc) is 3.20. The van der Waals surface area contributed by atoms with Crippen LogP contribution in [-0.4, -0.2) is 60.3 Å². The Kier molecular flexibility index (Phi) is 5.56. The molecule has 2 N–H and O–H groups in total. The molecule has 3 heterocycles. The van der Waals surface area contributed by atoms with E-state index in [1.165, 1.54) is 0 Å². The molecule has 4 rings (SSSR count). The highest BCUT2D eigenvalue weighted by Gasteiger charge is 2.22. The Bertz CT molecular complexity index is 799. The third-order valence-electron chi connectivity index (χ3n) is 4.99.